The number of anilines is 1. The van der Waals surface area contributed by atoms with Gasteiger partial charge in [-0.3, -0.25) is 4.57 Å². The van der Waals surface area contributed by atoms with Gasteiger partial charge in [-0.1, -0.05) is 30.0 Å². The molecule has 0 amide bonds. The Morgan fingerprint density at radius 3 is 2.53 bits per heavy atom. The highest BCUT2D eigenvalue weighted by Gasteiger charge is 2.33. The number of nitrogens with two attached hydrogens (primary N) is 1. The van der Waals surface area contributed by atoms with Crippen LogP contribution in [0.5, 0.6) is 0 Å². The lowest BCUT2D eigenvalue weighted by molar-refractivity contribution is -0.697. The number of nitrogens with zero attached hydrogens (tertiary/aromatic N) is 4. The normalized spacial score (nSPS) is 21.1. The Labute approximate surface area is 181 Å². The minimum Gasteiger partial charge on any atom is -0.378 e. The molecule has 2 atom stereocenters. The highest BCUT2D eigenvalue weighted by atomic mass is 32.2. The number of aromatic nitrogens is 3. The van der Waals surface area contributed by atoms with Gasteiger partial charge < -0.3 is 15.0 Å². The predicted octanol–water partition coefficient (Wildman–Crippen LogP) is 2.96. The van der Waals surface area contributed by atoms with Crippen molar-refractivity contribution in [1.29, 1.82) is 0 Å². The average Bonchev–Trinajstić information content (AvgIpc) is 3.36. The fourth-order valence-electron chi connectivity index (χ4n) is 3.85. The molecule has 3 aromatic rings. The molecule has 7 heteroatoms. The third-order valence-electron chi connectivity index (χ3n) is 5.70. The summed E-state index contributed by atoms with van der Waals surface area (Å²) in [6.45, 7) is 0.960. The van der Waals surface area contributed by atoms with E-state index in [4.69, 9.17) is 4.74 Å². The van der Waals surface area contributed by atoms with Gasteiger partial charge in [0.2, 0.25) is 6.23 Å². The largest absolute Gasteiger partial charge is 0.378 e. The molecule has 0 unspecified atom stereocenters. The highest BCUT2D eigenvalue weighted by Crippen LogP contribution is 2.41. The molecule has 1 aliphatic heterocycles. The molecule has 156 valence electrons. The van der Waals surface area contributed by atoms with E-state index in [2.05, 4.69) is 87.6 Å². The second-order valence-electron chi connectivity index (χ2n) is 8.23. The Kier molecular flexibility index (Phi) is 5.50. The van der Waals surface area contributed by atoms with E-state index in [1.165, 1.54) is 24.1 Å². The fourth-order valence-corrected chi connectivity index (χ4v) is 4.82. The van der Waals surface area contributed by atoms with Crippen LogP contribution < -0.4 is 10.2 Å². The van der Waals surface area contributed by atoms with Crippen molar-refractivity contribution in [2.45, 2.75) is 36.2 Å². The van der Waals surface area contributed by atoms with E-state index in [0.29, 0.717) is 5.92 Å². The molecule has 2 heterocycles. The molecular weight excluding hydrogens is 394 g/mol. The Morgan fingerprint density at radius 2 is 1.83 bits per heavy atom. The minimum atomic E-state index is 0.0702. The number of thioether (sulfide) groups is 1. The SMILES string of the molecule is CN(C)c1ccc([C@@H]2[NH2+]C[C@H](CSc3nnc(C4CC4)n3-c3ccccc3)O2)cc1. The van der Waals surface area contributed by atoms with Crippen LogP contribution in [-0.2, 0) is 4.74 Å². The quantitative estimate of drug-likeness (QED) is 0.593. The summed E-state index contributed by atoms with van der Waals surface area (Å²) < 4.78 is 8.57. The van der Waals surface area contributed by atoms with Crippen molar-refractivity contribution in [2.75, 3.05) is 31.3 Å². The topological polar surface area (TPSA) is 59.8 Å². The van der Waals surface area contributed by atoms with E-state index in [-0.39, 0.29) is 12.3 Å². The summed E-state index contributed by atoms with van der Waals surface area (Å²) in [6, 6.07) is 19.1. The van der Waals surface area contributed by atoms with Crippen molar-refractivity contribution in [3.05, 3.63) is 66.0 Å². The van der Waals surface area contributed by atoms with Gasteiger partial charge in [0, 0.05) is 42.7 Å². The monoisotopic (exact) mass is 422 g/mol. The molecular formula is C23H28N5OS+. The van der Waals surface area contributed by atoms with E-state index in [0.717, 1.165) is 29.0 Å². The molecule has 2 fully saturated rings. The number of rotatable bonds is 7. The van der Waals surface area contributed by atoms with Crippen LogP contribution in [0, 0.1) is 0 Å². The molecule has 6 nitrogen and oxygen atoms in total. The Bertz CT molecular complexity index is 985. The molecule has 2 aliphatic rings. The molecule has 2 N–H and O–H groups in total. The van der Waals surface area contributed by atoms with E-state index in [9.17, 15) is 0 Å². The molecule has 1 aliphatic carbocycles. The summed E-state index contributed by atoms with van der Waals surface area (Å²) >= 11 is 1.75. The maximum absolute atomic E-state index is 6.33. The lowest BCUT2D eigenvalue weighted by atomic mass is 10.2. The van der Waals surface area contributed by atoms with Crippen molar-refractivity contribution in [1.82, 2.24) is 14.8 Å². The number of benzene rings is 2. The third-order valence-corrected chi connectivity index (χ3v) is 6.76. The molecule has 1 saturated carbocycles. The lowest BCUT2D eigenvalue weighted by Gasteiger charge is -2.14. The second kappa shape index (κ2) is 8.41. The van der Waals surface area contributed by atoms with Gasteiger partial charge in [0.1, 0.15) is 18.5 Å². The van der Waals surface area contributed by atoms with Crippen LogP contribution in [0.3, 0.4) is 0 Å². The van der Waals surface area contributed by atoms with Gasteiger partial charge in [-0.15, -0.1) is 10.2 Å². The summed E-state index contributed by atoms with van der Waals surface area (Å²) in [5.74, 6) is 2.53. The first-order chi connectivity index (χ1) is 14.7. The average molecular weight is 423 g/mol. The van der Waals surface area contributed by atoms with Gasteiger partial charge in [0.25, 0.3) is 0 Å². The van der Waals surface area contributed by atoms with Crippen LogP contribution in [0.4, 0.5) is 5.69 Å². The van der Waals surface area contributed by atoms with Gasteiger partial charge in [-0.05, 0) is 49.2 Å². The standard InChI is InChI=1S/C23H27N5OS/c1-27(2)18-12-10-17(11-13-18)22-24-14-20(29-22)15-30-23-26-25-21(16-8-9-16)28(23)19-6-4-3-5-7-19/h3-7,10-13,16,20,22,24H,8-9,14-15H2,1-2H3/p+1/t20-,22-/m1/s1. The van der Waals surface area contributed by atoms with Gasteiger partial charge in [-0.2, -0.15) is 0 Å². The summed E-state index contributed by atoms with van der Waals surface area (Å²) in [5.41, 5.74) is 3.57. The van der Waals surface area contributed by atoms with Gasteiger partial charge in [0.15, 0.2) is 5.16 Å². The second-order valence-corrected chi connectivity index (χ2v) is 9.22. The van der Waals surface area contributed by atoms with Crippen LogP contribution in [0.25, 0.3) is 5.69 Å². The molecule has 5 rings (SSSR count). The van der Waals surface area contributed by atoms with Crippen molar-refractivity contribution in [3.63, 3.8) is 0 Å². The number of hydrogen-bond acceptors (Lipinski definition) is 5. The first-order valence-electron chi connectivity index (χ1n) is 10.6. The first kappa shape index (κ1) is 19.6. The smallest absolute Gasteiger partial charge is 0.217 e. The zero-order valence-electron chi connectivity index (χ0n) is 17.4. The number of ether oxygens (including phenoxy) is 1. The Balaban J connectivity index is 1.25. The van der Waals surface area contributed by atoms with Gasteiger partial charge in [-0.25, -0.2) is 0 Å². The van der Waals surface area contributed by atoms with Crippen LogP contribution in [-0.4, -0.2) is 47.3 Å². The molecule has 0 spiro atoms. The molecule has 30 heavy (non-hydrogen) atoms. The minimum absolute atomic E-state index is 0.0702. The zero-order valence-corrected chi connectivity index (χ0v) is 18.3. The van der Waals surface area contributed by atoms with Crippen molar-refractivity contribution < 1.29 is 10.1 Å². The van der Waals surface area contributed by atoms with Crippen molar-refractivity contribution in [3.8, 4) is 5.69 Å². The number of hydrogen-bond donors (Lipinski definition) is 1. The van der Waals surface area contributed by atoms with Crippen molar-refractivity contribution in [2.24, 2.45) is 0 Å². The molecule has 1 saturated heterocycles. The van der Waals surface area contributed by atoms with E-state index < -0.39 is 0 Å². The molecule has 0 bridgehead atoms. The van der Waals surface area contributed by atoms with E-state index in [1.54, 1.807) is 11.8 Å². The van der Waals surface area contributed by atoms with Crippen LogP contribution in [0.1, 0.15) is 36.4 Å². The van der Waals surface area contributed by atoms with Gasteiger partial charge in [0.05, 0.1) is 0 Å². The Hall–Kier alpha value is -2.35. The summed E-state index contributed by atoms with van der Waals surface area (Å²) in [5, 5.41) is 12.3. The van der Waals surface area contributed by atoms with Gasteiger partial charge >= 0.3 is 0 Å². The van der Waals surface area contributed by atoms with Crippen LogP contribution >= 0.6 is 11.8 Å². The van der Waals surface area contributed by atoms with Crippen LogP contribution in [0.15, 0.2) is 59.8 Å². The Morgan fingerprint density at radius 1 is 1.07 bits per heavy atom. The van der Waals surface area contributed by atoms with E-state index >= 15 is 0 Å². The highest BCUT2D eigenvalue weighted by molar-refractivity contribution is 7.99. The molecule has 1 aromatic heterocycles. The third kappa shape index (κ3) is 4.10. The zero-order chi connectivity index (χ0) is 20.5. The van der Waals surface area contributed by atoms with Crippen LogP contribution in [0.2, 0.25) is 0 Å². The summed E-state index contributed by atoms with van der Waals surface area (Å²) in [6.07, 6.45) is 2.69. The van der Waals surface area contributed by atoms with Crippen molar-refractivity contribution >= 4 is 17.4 Å². The maximum atomic E-state index is 6.33. The molecule has 2 aromatic carbocycles. The number of para-hydroxylation sites is 1. The lowest BCUT2D eigenvalue weighted by Crippen LogP contribution is -2.82. The molecule has 0 radical (unpaired) electrons. The summed E-state index contributed by atoms with van der Waals surface area (Å²) in [4.78, 5) is 2.11. The predicted molar refractivity (Wildman–Crippen MR) is 119 cm³/mol. The number of quaternary nitrogens is 1. The fraction of sp³-hybridized carbons (Fsp3) is 0.391. The summed E-state index contributed by atoms with van der Waals surface area (Å²) in [7, 11) is 4.12. The first-order valence-corrected chi connectivity index (χ1v) is 11.6. The maximum Gasteiger partial charge on any atom is 0.217 e. The van der Waals surface area contributed by atoms with E-state index in [1.807, 2.05) is 6.07 Å².